The van der Waals surface area contributed by atoms with Crippen LogP contribution in [0.1, 0.15) is 60.7 Å². The number of benzene rings is 1. The molecule has 126 valence electrons. The quantitative estimate of drug-likeness (QED) is 0.785. The molecular formula is C19H26O4. The van der Waals surface area contributed by atoms with Crippen LogP contribution in [0.5, 0.6) is 0 Å². The lowest BCUT2D eigenvalue weighted by Gasteiger charge is -2.36. The van der Waals surface area contributed by atoms with Crippen LogP contribution < -0.4 is 0 Å². The molecule has 0 bridgehead atoms. The third kappa shape index (κ3) is 4.34. The highest BCUT2D eigenvalue weighted by Crippen LogP contribution is 2.35. The second-order valence-electron chi connectivity index (χ2n) is 6.84. The summed E-state index contributed by atoms with van der Waals surface area (Å²) in [6, 6.07) is 6.41. The van der Waals surface area contributed by atoms with E-state index in [4.69, 9.17) is 4.74 Å². The number of hydrogen-bond acceptors (Lipinski definition) is 4. The van der Waals surface area contributed by atoms with Gasteiger partial charge in [-0.25, -0.2) is 9.59 Å². The second kappa shape index (κ2) is 7.62. The van der Waals surface area contributed by atoms with Crippen molar-refractivity contribution in [2.24, 2.45) is 17.8 Å². The van der Waals surface area contributed by atoms with Gasteiger partial charge in [0, 0.05) is 0 Å². The van der Waals surface area contributed by atoms with Crippen molar-refractivity contribution in [3.63, 3.8) is 0 Å². The van der Waals surface area contributed by atoms with Gasteiger partial charge in [0.15, 0.2) is 0 Å². The number of carbonyl (C=O) groups excluding carboxylic acids is 2. The maximum atomic E-state index is 12.4. The van der Waals surface area contributed by atoms with E-state index in [-0.39, 0.29) is 12.1 Å². The number of rotatable bonds is 4. The van der Waals surface area contributed by atoms with Crippen LogP contribution in [-0.4, -0.2) is 25.2 Å². The van der Waals surface area contributed by atoms with Crippen molar-refractivity contribution in [3.8, 4) is 0 Å². The van der Waals surface area contributed by atoms with Gasteiger partial charge in [-0.1, -0.05) is 27.2 Å². The molecule has 0 unspecified atom stereocenters. The lowest BCUT2D eigenvalue weighted by Crippen LogP contribution is -2.35. The van der Waals surface area contributed by atoms with Crippen LogP contribution in [0.2, 0.25) is 0 Å². The van der Waals surface area contributed by atoms with Gasteiger partial charge in [-0.15, -0.1) is 0 Å². The van der Waals surface area contributed by atoms with Gasteiger partial charge < -0.3 is 9.47 Å². The monoisotopic (exact) mass is 318 g/mol. The van der Waals surface area contributed by atoms with Crippen molar-refractivity contribution in [2.75, 3.05) is 7.11 Å². The Hall–Kier alpha value is -1.84. The van der Waals surface area contributed by atoms with Crippen molar-refractivity contribution in [2.45, 2.75) is 46.1 Å². The van der Waals surface area contributed by atoms with E-state index in [0.717, 1.165) is 12.8 Å². The van der Waals surface area contributed by atoms with Gasteiger partial charge in [0.05, 0.1) is 18.2 Å². The van der Waals surface area contributed by atoms with E-state index in [2.05, 4.69) is 25.5 Å². The molecule has 0 aromatic heterocycles. The molecule has 0 saturated heterocycles. The molecule has 4 heteroatoms. The molecule has 1 aromatic rings. The fraction of sp³-hybridized carbons (Fsp3) is 0.579. The summed E-state index contributed by atoms with van der Waals surface area (Å²) in [6.07, 6.45) is 3.21. The first-order valence-corrected chi connectivity index (χ1v) is 8.31. The van der Waals surface area contributed by atoms with Gasteiger partial charge in [0.2, 0.25) is 0 Å². The molecule has 23 heavy (non-hydrogen) atoms. The Morgan fingerprint density at radius 2 is 1.61 bits per heavy atom. The molecule has 1 aliphatic rings. The highest BCUT2D eigenvalue weighted by molar-refractivity contribution is 5.93. The molecule has 3 atom stereocenters. The maximum Gasteiger partial charge on any atom is 0.338 e. The smallest absolute Gasteiger partial charge is 0.338 e. The van der Waals surface area contributed by atoms with Crippen molar-refractivity contribution >= 4 is 11.9 Å². The largest absolute Gasteiger partial charge is 0.465 e. The molecule has 2 rings (SSSR count). The summed E-state index contributed by atoms with van der Waals surface area (Å²) < 4.78 is 10.4. The predicted octanol–water partition coefficient (Wildman–Crippen LogP) is 4.09. The van der Waals surface area contributed by atoms with Crippen LogP contribution in [0.3, 0.4) is 0 Å². The molecule has 1 aromatic carbocycles. The molecule has 0 amide bonds. The first-order valence-electron chi connectivity index (χ1n) is 8.31. The van der Waals surface area contributed by atoms with Gasteiger partial charge >= 0.3 is 11.9 Å². The normalized spacial score (nSPS) is 24.3. The Bertz CT molecular complexity index is 547. The van der Waals surface area contributed by atoms with E-state index in [9.17, 15) is 9.59 Å². The molecule has 0 spiro atoms. The van der Waals surface area contributed by atoms with Crippen LogP contribution in [0.4, 0.5) is 0 Å². The number of esters is 2. The average molecular weight is 318 g/mol. The van der Waals surface area contributed by atoms with Gasteiger partial charge in [0.25, 0.3) is 0 Å². The van der Waals surface area contributed by atoms with E-state index in [1.54, 1.807) is 24.3 Å². The summed E-state index contributed by atoms with van der Waals surface area (Å²) in [6.45, 7) is 6.59. The molecule has 0 heterocycles. The third-order valence-corrected chi connectivity index (χ3v) is 4.76. The van der Waals surface area contributed by atoms with E-state index in [1.165, 1.54) is 13.5 Å². The fourth-order valence-electron chi connectivity index (χ4n) is 3.32. The minimum Gasteiger partial charge on any atom is -0.465 e. The summed E-state index contributed by atoms with van der Waals surface area (Å²) in [4.78, 5) is 23.8. The standard InChI is InChI=1S/C19H26O4/c1-12(2)16-10-5-13(3)11-17(16)23-19(21)15-8-6-14(7-9-15)18(20)22-4/h6-9,12-13,16-17H,5,10-11H2,1-4H3/t13-,16+,17-/m1/s1. The molecular weight excluding hydrogens is 292 g/mol. The minimum atomic E-state index is -0.411. The Morgan fingerprint density at radius 1 is 1.04 bits per heavy atom. The summed E-state index contributed by atoms with van der Waals surface area (Å²) in [7, 11) is 1.33. The van der Waals surface area contributed by atoms with E-state index >= 15 is 0 Å². The fourth-order valence-corrected chi connectivity index (χ4v) is 3.32. The third-order valence-electron chi connectivity index (χ3n) is 4.76. The van der Waals surface area contributed by atoms with Gasteiger partial charge in [0.1, 0.15) is 6.10 Å². The topological polar surface area (TPSA) is 52.6 Å². The zero-order valence-corrected chi connectivity index (χ0v) is 14.4. The van der Waals surface area contributed by atoms with E-state index in [0.29, 0.717) is 28.9 Å². The summed E-state index contributed by atoms with van der Waals surface area (Å²) in [5.41, 5.74) is 0.897. The Kier molecular flexibility index (Phi) is 5.80. The lowest BCUT2D eigenvalue weighted by atomic mass is 9.75. The number of hydrogen-bond donors (Lipinski definition) is 0. The number of methoxy groups -OCH3 is 1. The van der Waals surface area contributed by atoms with Crippen LogP contribution in [0, 0.1) is 17.8 Å². The molecule has 1 saturated carbocycles. The van der Waals surface area contributed by atoms with Crippen LogP contribution >= 0.6 is 0 Å². The minimum absolute atomic E-state index is 0.0217. The van der Waals surface area contributed by atoms with Crippen LogP contribution in [-0.2, 0) is 9.47 Å². The SMILES string of the molecule is COC(=O)c1ccc(C(=O)O[C@@H]2C[C@H](C)CC[C@H]2C(C)C)cc1. The van der Waals surface area contributed by atoms with Crippen molar-refractivity contribution < 1.29 is 19.1 Å². The van der Waals surface area contributed by atoms with Gasteiger partial charge in [-0.2, -0.15) is 0 Å². The molecule has 0 radical (unpaired) electrons. The van der Waals surface area contributed by atoms with Gasteiger partial charge in [-0.05, 0) is 54.9 Å². The van der Waals surface area contributed by atoms with E-state index in [1.807, 2.05) is 0 Å². The van der Waals surface area contributed by atoms with Crippen LogP contribution in [0.15, 0.2) is 24.3 Å². The Balaban J connectivity index is 2.06. The number of carbonyl (C=O) groups is 2. The predicted molar refractivity (Wildman–Crippen MR) is 88.3 cm³/mol. The highest BCUT2D eigenvalue weighted by Gasteiger charge is 2.33. The first kappa shape index (κ1) is 17.5. The highest BCUT2D eigenvalue weighted by atomic mass is 16.5. The average Bonchev–Trinajstić information content (AvgIpc) is 2.54. The van der Waals surface area contributed by atoms with Crippen molar-refractivity contribution in [3.05, 3.63) is 35.4 Å². The second-order valence-corrected chi connectivity index (χ2v) is 6.84. The first-order chi connectivity index (χ1) is 10.9. The zero-order chi connectivity index (χ0) is 17.0. The molecule has 1 fully saturated rings. The molecule has 0 aliphatic heterocycles. The summed E-state index contributed by atoms with van der Waals surface area (Å²) in [5.74, 6) is 0.785. The lowest BCUT2D eigenvalue weighted by molar-refractivity contribution is -0.0174. The molecule has 0 N–H and O–H groups in total. The number of ether oxygens (including phenoxy) is 2. The maximum absolute atomic E-state index is 12.4. The summed E-state index contributed by atoms with van der Waals surface area (Å²) in [5, 5.41) is 0. The summed E-state index contributed by atoms with van der Waals surface area (Å²) >= 11 is 0. The molecule has 1 aliphatic carbocycles. The van der Waals surface area contributed by atoms with Crippen molar-refractivity contribution in [1.29, 1.82) is 0 Å². The Morgan fingerprint density at radius 3 is 2.13 bits per heavy atom. The van der Waals surface area contributed by atoms with Crippen LogP contribution in [0.25, 0.3) is 0 Å². The van der Waals surface area contributed by atoms with E-state index < -0.39 is 5.97 Å². The zero-order valence-electron chi connectivity index (χ0n) is 14.4. The van der Waals surface area contributed by atoms with Gasteiger partial charge in [-0.3, -0.25) is 0 Å². The van der Waals surface area contributed by atoms with Crippen molar-refractivity contribution in [1.82, 2.24) is 0 Å². The Labute approximate surface area is 138 Å². The molecule has 4 nitrogen and oxygen atoms in total.